The van der Waals surface area contributed by atoms with Crippen molar-refractivity contribution in [3.8, 4) is 11.8 Å². The molecule has 0 fully saturated rings. The maximum atomic E-state index is 9.09. The lowest BCUT2D eigenvalue weighted by Crippen LogP contribution is -2.12. The van der Waals surface area contributed by atoms with Gasteiger partial charge in [-0.25, -0.2) is 0 Å². The Kier molecular flexibility index (Phi) is 4.49. The summed E-state index contributed by atoms with van der Waals surface area (Å²) in [7, 11) is 0. The summed E-state index contributed by atoms with van der Waals surface area (Å²) < 4.78 is 11.2. The molecule has 0 saturated heterocycles. The number of hydrogen-bond acceptors (Lipinski definition) is 5. The Labute approximate surface area is 124 Å². The maximum absolute atomic E-state index is 9.09. The van der Waals surface area contributed by atoms with E-state index >= 15 is 0 Å². The Bertz CT molecular complexity index is 621. The van der Waals surface area contributed by atoms with E-state index in [0.717, 1.165) is 5.75 Å². The minimum absolute atomic E-state index is 0.230. The van der Waals surface area contributed by atoms with Crippen LogP contribution in [0.1, 0.15) is 32.4 Å². The second kappa shape index (κ2) is 6.31. The highest BCUT2D eigenvalue weighted by atomic mass is 16.5. The first-order valence-electron chi connectivity index (χ1n) is 6.84. The minimum atomic E-state index is -0.230. The third kappa shape index (κ3) is 3.99. The zero-order chi connectivity index (χ0) is 15.3. The zero-order valence-corrected chi connectivity index (χ0v) is 12.5. The molecule has 1 heterocycles. The molecule has 21 heavy (non-hydrogen) atoms. The Morgan fingerprint density at radius 1 is 1.29 bits per heavy atom. The highest BCUT2D eigenvalue weighted by Crippen LogP contribution is 2.26. The molecule has 0 amide bonds. The first kappa shape index (κ1) is 14.9. The fourth-order valence-corrected chi connectivity index (χ4v) is 1.69. The number of rotatable bonds is 5. The third-order valence-electron chi connectivity index (χ3n) is 2.77. The lowest BCUT2D eigenvalue weighted by Gasteiger charge is -2.12. The number of para-hydroxylation sites is 1. The van der Waals surface area contributed by atoms with Gasteiger partial charge in [0.25, 0.3) is 0 Å². The standard InChI is InChI=1S/C16H19N3O2/c1-16(2,3)15-19-13(11-17)14(21-15)18-9-10-20-12-7-5-4-6-8-12/h4-8,18H,9-10H2,1-3H3. The van der Waals surface area contributed by atoms with E-state index in [1.165, 1.54) is 0 Å². The number of anilines is 1. The molecule has 0 saturated carbocycles. The van der Waals surface area contributed by atoms with Crippen LogP contribution in [0.4, 0.5) is 5.88 Å². The van der Waals surface area contributed by atoms with Crippen LogP contribution in [-0.2, 0) is 5.41 Å². The predicted octanol–water partition coefficient (Wildman–Crippen LogP) is 3.33. The first-order chi connectivity index (χ1) is 10.0. The van der Waals surface area contributed by atoms with Crippen molar-refractivity contribution in [1.82, 2.24) is 4.98 Å². The van der Waals surface area contributed by atoms with E-state index in [1.807, 2.05) is 57.2 Å². The number of aromatic nitrogens is 1. The summed E-state index contributed by atoms with van der Waals surface area (Å²) in [5, 5.41) is 12.1. The molecule has 0 aliphatic carbocycles. The lowest BCUT2D eigenvalue weighted by atomic mass is 9.97. The van der Waals surface area contributed by atoms with Crippen molar-refractivity contribution in [1.29, 1.82) is 5.26 Å². The van der Waals surface area contributed by atoms with Gasteiger partial charge in [-0.05, 0) is 12.1 Å². The molecule has 110 valence electrons. The molecule has 5 nitrogen and oxygen atoms in total. The molecule has 0 aliphatic heterocycles. The smallest absolute Gasteiger partial charge is 0.232 e. The molecule has 0 unspecified atom stereocenters. The monoisotopic (exact) mass is 285 g/mol. The number of nitrogens with one attached hydrogen (secondary N) is 1. The van der Waals surface area contributed by atoms with Gasteiger partial charge < -0.3 is 14.5 Å². The molecule has 5 heteroatoms. The van der Waals surface area contributed by atoms with Gasteiger partial charge in [-0.3, -0.25) is 0 Å². The number of ether oxygens (including phenoxy) is 1. The van der Waals surface area contributed by atoms with Crippen LogP contribution >= 0.6 is 0 Å². The highest BCUT2D eigenvalue weighted by Gasteiger charge is 2.23. The van der Waals surface area contributed by atoms with Crippen LogP contribution in [0.25, 0.3) is 0 Å². The average Bonchev–Trinajstić information content (AvgIpc) is 2.88. The number of hydrogen-bond donors (Lipinski definition) is 1. The predicted molar refractivity (Wildman–Crippen MR) is 80.3 cm³/mol. The second-order valence-corrected chi connectivity index (χ2v) is 5.65. The van der Waals surface area contributed by atoms with Crippen molar-refractivity contribution in [3.05, 3.63) is 41.9 Å². The molecule has 0 aliphatic rings. The topological polar surface area (TPSA) is 71.1 Å². The second-order valence-electron chi connectivity index (χ2n) is 5.65. The molecular formula is C16H19N3O2. The number of nitrogens with zero attached hydrogens (tertiary/aromatic N) is 2. The van der Waals surface area contributed by atoms with E-state index in [-0.39, 0.29) is 11.1 Å². The maximum Gasteiger partial charge on any atom is 0.232 e. The third-order valence-corrected chi connectivity index (χ3v) is 2.77. The van der Waals surface area contributed by atoms with E-state index in [9.17, 15) is 0 Å². The van der Waals surface area contributed by atoms with Crippen LogP contribution in [0, 0.1) is 11.3 Å². The van der Waals surface area contributed by atoms with E-state index in [0.29, 0.717) is 24.9 Å². The van der Waals surface area contributed by atoms with Crippen molar-refractivity contribution in [3.63, 3.8) is 0 Å². The quantitative estimate of drug-likeness (QED) is 0.853. The Morgan fingerprint density at radius 3 is 2.62 bits per heavy atom. The fourth-order valence-electron chi connectivity index (χ4n) is 1.69. The summed E-state index contributed by atoms with van der Waals surface area (Å²) in [6.07, 6.45) is 0. The SMILES string of the molecule is CC(C)(C)c1nc(C#N)c(NCCOc2ccccc2)o1. The van der Waals surface area contributed by atoms with Crippen molar-refractivity contribution in [2.75, 3.05) is 18.5 Å². The minimum Gasteiger partial charge on any atom is -0.492 e. The summed E-state index contributed by atoms with van der Waals surface area (Å²) in [5.41, 5.74) is 0.0474. The fraction of sp³-hybridized carbons (Fsp3) is 0.375. The van der Waals surface area contributed by atoms with Crippen molar-refractivity contribution in [2.45, 2.75) is 26.2 Å². The molecule has 2 rings (SSSR count). The van der Waals surface area contributed by atoms with Gasteiger partial charge in [-0.15, -0.1) is 0 Å². The normalized spacial score (nSPS) is 11.0. The molecule has 1 aromatic carbocycles. The highest BCUT2D eigenvalue weighted by molar-refractivity contribution is 5.45. The zero-order valence-electron chi connectivity index (χ0n) is 12.5. The summed E-state index contributed by atoms with van der Waals surface area (Å²) in [6, 6.07) is 11.6. The first-order valence-corrected chi connectivity index (χ1v) is 6.84. The van der Waals surface area contributed by atoms with E-state index in [1.54, 1.807) is 0 Å². The largest absolute Gasteiger partial charge is 0.492 e. The number of benzene rings is 1. The van der Waals surface area contributed by atoms with Gasteiger partial charge in [0, 0.05) is 5.41 Å². The molecular weight excluding hydrogens is 266 g/mol. The van der Waals surface area contributed by atoms with Gasteiger partial charge in [0.2, 0.25) is 17.5 Å². The van der Waals surface area contributed by atoms with E-state index in [2.05, 4.69) is 10.3 Å². The molecule has 1 N–H and O–H groups in total. The molecule has 0 spiro atoms. The summed E-state index contributed by atoms with van der Waals surface area (Å²) in [5.74, 6) is 1.76. The van der Waals surface area contributed by atoms with Gasteiger partial charge in [0.05, 0.1) is 6.54 Å². The molecule has 1 aromatic heterocycles. The van der Waals surface area contributed by atoms with Crippen molar-refractivity contribution >= 4 is 5.88 Å². The van der Waals surface area contributed by atoms with Gasteiger partial charge in [-0.2, -0.15) is 10.2 Å². The number of nitriles is 1. The van der Waals surface area contributed by atoms with Crippen molar-refractivity contribution < 1.29 is 9.15 Å². The number of oxazole rings is 1. The van der Waals surface area contributed by atoms with Crippen molar-refractivity contribution in [2.24, 2.45) is 0 Å². The molecule has 0 bridgehead atoms. The van der Waals surface area contributed by atoms with Crippen LogP contribution in [0.3, 0.4) is 0 Å². The summed E-state index contributed by atoms with van der Waals surface area (Å²) in [4.78, 5) is 4.21. The van der Waals surface area contributed by atoms with E-state index < -0.39 is 0 Å². The van der Waals surface area contributed by atoms with Crippen LogP contribution in [0.5, 0.6) is 5.75 Å². The Balaban J connectivity index is 1.91. The molecule has 0 atom stereocenters. The van der Waals surface area contributed by atoms with Crippen LogP contribution in [0.2, 0.25) is 0 Å². The Hall–Kier alpha value is -2.48. The average molecular weight is 285 g/mol. The summed E-state index contributed by atoms with van der Waals surface area (Å²) in [6.45, 7) is 6.97. The van der Waals surface area contributed by atoms with Crippen LogP contribution < -0.4 is 10.1 Å². The van der Waals surface area contributed by atoms with Crippen LogP contribution in [-0.4, -0.2) is 18.1 Å². The van der Waals surface area contributed by atoms with Gasteiger partial charge in [-0.1, -0.05) is 39.0 Å². The van der Waals surface area contributed by atoms with Gasteiger partial charge in [0.15, 0.2) is 0 Å². The van der Waals surface area contributed by atoms with Gasteiger partial charge in [0.1, 0.15) is 18.4 Å². The van der Waals surface area contributed by atoms with Gasteiger partial charge >= 0.3 is 0 Å². The van der Waals surface area contributed by atoms with E-state index in [4.69, 9.17) is 14.4 Å². The van der Waals surface area contributed by atoms with Crippen LogP contribution in [0.15, 0.2) is 34.7 Å². The lowest BCUT2D eigenvalue weighted by molar-refractivity contribution is 0.330. The summed E-state index contributed by atoms with van der Waals surface area (Å²) >= 11 is 0. The molecule has 2 aromatic rings. The molecule has 0 radical (unpaired) electrons. The Morgan fingerprint density at radius 2 is 2.00 bits per heavy atom.